The lowest BCUT2D eigenvalue weighted by Crippen LogP contribution is -2.28. The molecule has 2 amide bonds. The first-order chi connectivity index (χ1) is 11.0. The Bertz CT molecular complexity index is 731. The third kappa shape index (κ3) is 3.51. The number of hydrogen-bond donors (Lipinski definition) is 1. The normalized spacial score (nSPS) is 17.4. The number of hydrogen-bond acceptors (Lipinski definition) is 2. The molecule has 1 aliphatic heterocycles. The van der Waals surface area contributed by atoms with E-state index < -0.39 is 5.92 Å². The van der Waals surface area contributed by atoms with Crippen molar-refractivity contribution in [2.75, 3.05) is 16.8 Å². The zero-order valence-electron chi connectivity index (χ0n) is 12.1. The van der Waals surface area contributed by atoms with Crippen molar-refractivity contribution in [1.82, 2.24) is 0 Å². The van der Waals surface area contributed by atoms with Crippen LogP contribution < -0.4 is 10.2 Å². The Kier molecular flexibility index (Phi) is 4.30. The van der Waals surface area contributed by atoms with Crippen molar-refractivity contribution in [2.24, 2.45) is 5.92 Å². The molecule has 0 aliphatic carbocycles. The van der Waals surface area contributed by atoms with E-state index in [1.54, 1.807) is 24.3 Å². The Labute approximate surface area is 137 Å². The van der Waals surface area contributed by atoms with Gasteiger partial charge in [-0.25, -0.2) is 4.39 Å². The lowest BCUT2D eigenvalue weighted by molar-refractivity contribution is -0.122. The number of carbonyl (C=O) groups excluding carboxylic acids is 2. The van der Waals surface area contributed by atoms with Gasteiger partial charge in [-0.15, -0.1) is 0 Å². The number of halogens is 2. The van der Waals surface area contributed by atoms with Crippen LogP contribution in [0.3, 0.4) is 0 Å². The molecule has 1 atom stereocenters. The van der Waals surface area contributed by atoms with E-state index in [-0.39, 0.29) is 30.6 Å². The van der Waals surface area contributed by atoms with Crippen molar-refractivity contribution in [3.63, 3.8) is 0 Å². The Morgan fingerprint density at radius 1 is 1.13 bits per heavy atom. The average Bonchev–Trinajstić information content (AvgIpc) is 2.92. The van der Waals surface area contributed by atoms with E-state index in [4.69, 9.17) is 11.6 Å². The van der Waals surface area contributed by atoms with E-state index in [9.17, 15) is 14.0 Å². The molecule has 0 unspecified atom stereocenters. The van der Waals surface area contributed by atoms with Crippen molar-refractivity contribution < 1.29 is 14.0 Å². The van der Waals surface area contributed by atoms with Crippen molar-refractivity contribution in [3.8, 4) is 0 Å². The first-order valence-corrected chi connectivity index (χ1v) is 7.53. The summed E-state index contributed by atoms with van der Waals surface area (Å²) in [4.78, 5) is 25.9. The highest BCUT2D eigenvalue weighted by Gasteiger charge is 2.35. The van der Waals surface area contributed by atoms with Crippen molar-refractivity contribution in [3.05, 3.63) is 59.4 Å². The summed E-state index contributed by atoms with van der Waals surface area (Å²) < 4.78 is 13.0. The van der Waals surface area contributed by atoms with Crippen LogP contribution in [0.5, 0.6) is 0 Å². The summed E-state index contributed by atoms with van der Waals surface area (Å²) in [5, 5.41) is 3.36. The molecule has 3 rings (SSSR count). The van der Waals surface area contributed by atoms with Crippen LogP contribution in [0, 0.1) is 11.7 Å². The van der Waals surface area contributed by atoms with Gasteiger partial charge in [-0.1, -0.05) is 11.6 Å². The number of nitrogens with zero attached hydrogens (tertiary/aromatic N) is 1. The van der Waals surface area contributed by atoms with Crippen LogP contribution in [0.4, 0.5) is 15.8 Å². The van der Waals surface area contributed by atoms with E-state index >= 15 is 0 Å². The number of anilines is 2. The molecule has 1 N–H and O–H groups in total. The summed E-state index contributed by atoms with van der Waals surface area (Å²) in [6.07, 6.45) is 0.136. The predicted octanol–water partition coefficient (Wildman–Crippen LogP) is 3.47. The molecule has 0 bridgehead atoms. The zero-order valence-corrected chi connectivity index (χ0v) is 12.9. The van der Waals surface area contributed by atoms with Gasteiger partial charge in [-0.3, -0.25) is 9.59 Å². The van der Waals surface area contributed by atoms with Gasteiger partial charge in [0.15, 0.2) is 0 Å². The molecule has 0 aromatic heterocycles. The van der Waals surface area contributed by atoms with Crippen molar-refractivity contribution in [1.29, 1.82) is 0 Å². The molecule has 0 radical (unpaired) electrons. The summed E-state index contributed by atoms with van der Waals surface area (Å²) in [6.45, 7) is 0.282. The van der Waals surface area contributed by atoms with Crippen LogP contribution in [0.2, 0.25) is 5.02 Å². The average molecular weight is 333 g/mol. The van der Waals surface area contributed by atoms with Crippen LogP contribution in [-0.4, -0.2) is 18.4 Å². The molecule has 1 aliphatic rings. The van der Waals surface area contributed by atoms with Crippen LogP contribution in [0.25, 0.3) is 0 Å². The zero-order chi connectivity index (χ0) is 16.4. The minimum atomic E-state index is -0.441. The maximum atomic E-state index is 13.0. The highest BCUT2D eigenvalue weighted by atomic mass is 35.5. The molecule has 1 heterocycles. The minimum absolute atomic E-state index is 0.136. The van der Waals surface area contributed by atoms with E-state index in [2.05, 4.69) is 5.32 Å². The molecule has 1 saturated heterocycles. The highest BCUT2D eigenvalue weighted by molar-refractivity contribution is 6.30. The second-order valence-corrected chi connectivity index (χ2v) is 5.81. The number of benzene rings is 2. The summed E-state index contributed by atoms with van der Waals surface area (Å²) in [5.74, 6) is -1.17. The fourth-order valence-electron chi connectivity index (χ4n) is 2.53. The molecular weight excluding hydrogens is 319 g/mol. The number of carbonyl (C=O) groups is 2. The third-order valence-electron chi connectivity index (χ3n) is 3.75. The maximum absolute atomic E-state index is 13.0. The Balaban J connectivity index is 1.68. The first-order valence-electron chi connectivity index (χ1n) is 7.15. The van der Waals surface area contributed by atoms with Gasteiger partial charge in [0.2, 0.25) is 11.8 Å². The van der Waals surface area contributed by atoms with Gasteiger partial charge >= 0.3 is 0 Å². The van der Waals surface area contributed by atoms with Crippen molar-refractivity contribution in [2.45, 2.75) is 6.42 Å². The fourth-order valence-corrected chi connectivity index (χ4v) is 2.66. The second kappa shape index (κ2) is 6.38. The van der Waals surface area contributed by atoms with E-state index in [1.807, 2.05) is 0 Å². The van der Waals surface area contributed by atoms with Crippen LogP contribution in [-0.2, 0) is 9.59 Å². The smallest absolute Gasteiger partial charge is 0.229 e. The van der Waals surface area contributed by atoms with Gasteiger partial charge in [-0.2, -0.15) is 0 Å². The van der Waals surface area contributed by atoms with E-state index in [0.29, 0.717) is 16.4 Å². The van der Waals surface area contributed by atoms with Crippen LogP contribution in [0.1, 0.15) is 6.42 Å². The molecule has 1 fully saturated rings. The molecule has 23 heavy (non-hydrogen) atoms. The molecule has 0 saturated carbocycles. The molecule has 2 aromatic carbocycles. The Morgan fingerprint density at radius 3 is 2.43 bits per heavy atom. The molecular formula is C17H14ClFN2O2. The van der Waals surface area contributed by atoms with Gasteiger partial charge in [0.05, 0.1) is 5.92 Å². The van der Waals surface area contributed by atoms with E-state index in [0.717, 1.165) is 0 Å². The topological polar surface area (TPSA) is 49.4 Å². The van der Waals surface area contributed by atoms with E-state index in [1.165, 1.54) is 29.2 Å². The summed E-state index contributed by atoms with van der Waals surface area (Å²) >= 11 is 5.80. The minimum Gasteiger partial charge on any atom is -0.326 e. The first kappa shape index (κ1) is 15.5. The SMILES string of the molecule is O=C(Nc1ccc(Cl)cc1)[C@H]1CC(=O)N(c2ccc(F)cc2)C1. The molecule has 4 nitrogen and oxygen atoms in total. The Morgan fingerprint density at radius 2 is 1.78 bits per heavy atom. The molecule has 118 valence electrons. The molecule has 0 spiro atoms. The Hall–Kier alpha value is -2.40. The second-order valence-electron chi connectivity index (χ2n) is 5.38. The van der Waals surface area contributed by atoms with Gasteiger partial charge in [0.25, 0.3) is 0 Å². The number of nitrogens with one attached hydrogen (secondary N) is 1. The number of amides is 2. The number of rotatable bonds is 3. The monoisotopic (exact) mass is 332 g/mol. The molecule has 6 heteroatoms. The molecule has 2 aromatic rings. The van der Waals surface area contributed by atoms with Crippen LogP contribution in [0.15, 0.2) is 48.5 Å². The van der Waals surface area contributed by atoms with Gasteiger partial charge in [-0.05, 0) is 48.5 Å². The van der Waals surface area contributed by atoms with Crippen LogP contribution >= 0.6 is 11.6 Å². The van der Waals surface area contributed by atoms with Gasteiger partial charge < -0.3 is 10.2 Å². The summed E-state index contributed by atoms with van der Waals surface area (Å²) in [5.41, 5.74) is 1.23. The highest BCUT2D eigenvalue weighted by Crippen LogP contribution is 2.26. The van der Waals surface area contributed by atoms with Gasteiger partial charge in [0.1, 0.15) is 5.82 Å². The summed E-state index contributed by atoms with van der Waals surface area (Å²) in [7, 11) is 0. The standard InChI is InChI=1S/C17H14ClFN2O2/c18-12-1-5-14(6-2-12)20-17(23)11-9-16(22)21(10-11)15-7-3-13(19)4-8-15/h1-8,11H,9-10H2,(H,20,23)/t11-/m0/s1. The predicted molar refractivity (Wildman–Crippen MR) is 86.9 cm³/mol. The van der Waals surface area contributed by atoms with Gasteiger partial charge in [0, 0.05) is 29.4 Å². The third-order valence-corrected chi connectivity index (χ3v) is 4.00. The fraction of sp³-hybridized carbons (Fsp3) is 0.176. The van der Waals surface area contributed by atoms with Crippen molar-refractivity contribution >= 4 is 34.8 Å². The quantitative estimate of drug-likeness (QED) is 0.935. The maximum Gasteiger partial charge on any atom is 0.229 e. The lowest BCUT2D eigenvalue weighted by Gasteiger charge is -2.16. The summed E-state index contributed by atoms with van der Waals surface area (Å²) in [6, 6.07) is 12.4. The lowest BCUT2D eigenvalue weighted by atomic mass is 10.1. The largest absolute Gasteiger partial charge is 0.326 e.